The molecule has 0 aliphatic carbocycles. The molecule has 0 aromatic carbocycles. The van der Waals surface area contributed by atoms with Gasteiger partial charge in [-0.3, -0.25) is 5.10 Å². The van der Waals surface area contributed by atoms with Gasteiger partial charge in [-0.1, -0.05) is 0 Å². The number of hydrogen-bond donors (Lipinski definition) is 1. The molecule has 1 aliphatic rings. The summed E-state index contributed by atoms with van der Waals surface area (Å²) >= 11 is 7.86. The third-order valence-corrected chi connectivity index (χ3v) is 4.98. The first-order chi connectivity index (χ1) is 9.74. The Hall–Kier alpha value is -1.66. The third-order valence-electron chi connectivity index (χ3n) is 3.81. The van der Waals surface area contributed by atoms with Crippen molar-refractivity contribution in [2.24, 2.45) is 0 Å². The van der Waals surface area contributed by atoms with Crippen molar-refractivity contribution in [1.82, 2.24) is 20.2 Å². The maximum atomic E-state index is 6.03. The molecule has 3 aromatic heterocycles. The predicted octanol–water partition coefficient (Wildman–Crippen LogP) is 3.19. The second-order valence-electron chi connectivity index (χ2n) is 4.87. The lowest BCUT2D eigenvalue weighted by molar-refractivity contribution is 0.627. The molecule has 1 unspecified atom stereocenters. The number of halogens is 1. The van der Waals surface area contributed by atoms with E-state index in [-0.39, 0.29) is 11.3 Å². The molecule has 102 valence electrons. The summed E-state index contributed by atoms with van der Waals surface area (Å²) in [5, 5.41) is 10.2. The summed E-state index contributed by atoms with van der Waals surface area (Å²) in [6.45, 7) is 3.13. The van der Waals surface area contributed by atoms with Crippen molar-refractivity contribution >= 4 is 39.8 Å². The molecule has 0 spiro atoms. The van der Waals surface area contributed by atoms with E-state index in [1.807, 2.05) is 11.3 Å². The lowest BCUT2D eigenvalue weighted by Gasteiger charge is -2.34. The zero-order valence-corrected chi connectivity index (χ0v) is 12.4. The topological polar surface area (TPSA) is 57.7 Å². The van der Waals surface area contributed by atoms with E-state index in [0.29, 0.717) is 5.65 Å². The summed E-state index contributed by atoms with van der Waals surface area (Å²) in [6.07, 6.45) is 2.80. The van der Waals surface area contributed by atoms with Crippen molar-refractivity contribution < 1.29 is 0 Å². The molecule has 1 atom stereocenters. The van der Waals surface area contributed by atoms with Crippen molar-refractivity contribution in [1.29, 1.82) is 0 Å². The second kappa shape index (κ2) is 4.43. The van der Waals surface area contributed by atoms with Crippen molar-refractivity contribution in [3.8, 4) is 0 Å². The van der Waals surface area contributed by atoms with Gasteiger partial charge in [-0.05, 0) is 42.0 Å². The van der Waals surface area contributed by atoms with E-state index in [1.54, 1.807) is 6.20 Å². The van der Waals surface area contributed by atoms with Crippen molar-refractivity contribution in [3.05, 3.63) is 33.4 Å². The predicted molar refractivity (Wildman–Crippen MR) is 80.5 cm³/mol. The fraction of sp³-hybridized carbons (Fsp3) is 0.308. The Balaban J connectivity index is 1.86. The number of thiophene rings is 1. The van der Waals surface area contributed by atoms with E-state index in [2.05, 4.69) is 43.4 Å². The van der Waals surface area contributed by atoms with Crippen LogP contribution in [0.1, 0.15) is 23.4 Å². The molecule has 0 fully saturated rings. The number of aromatic nitrogens is 4. The van der Waals surface area contributed by atoms with Crippen LogP contribution in [0.25, 0.3) is 11.0 Å². The van der Waals surface area contributed by atoms with Crippen molar-refractivity contribution in [2.75, 3.05) is 11.4 Å². The molecule has 3 aromatic rings. The van der Waals surface area contributed by atoms with Gasteiger partial charge in [0.05, 0.1) is 17.6 Å². The average molecular weight is 306 g/mol. The highest BCUT2D eigenvalue weighted by Gasteiger charge is 2.27. The van der Waals surface area contributed by atoms with Gasteiger partial charge in [0.1, 0.15) is 5.82 Å². The van der Waals surface area contributed by atoms with E-state index >= 15 is 0 Å². The van der Waals surface area contributed by atoms with E-state index < -0.39 is 0 Å². The maximum Gasteiger partial charge on any atom is 0.226 e. The molecule has 4 rings (SSSR count). The highest BCUT2D eigenvalue weighted by atomic mass is 35.5. The van der Waals surface area contributed by atoms with Gasteiger partial charge in [-0.25, -0.2) is 0 Å². The number of aromatic amines is 1. The number of anilines is 1. The number of fused-ring (bicyclic) bond motifs is 2. The molecule has 0 saturated carbocycles. The summed E-state index contributed by atoms with van der Waals surface area (Å²) in [6, 6.07) is 2.49. The second-order valence-corrected chi connectivity index (χ2v) is 6.21. The van der Waals surface area contributed by atoms with Gasteiger partial charge in [0.15, 0.2) is 5.65 Å². The SMILES string of the molecule is CC1c2ccsc2CCN1c1nc(Cl)nc2[nH]ncc12. The van der Waals surface area contributed by atoms with Crippen LogP contribution in [0.4, 0.5) is 5.82 Å². The van der Waals surface area contributed by atoms with E-state index in [1.165, 1.54) is 10.4 Å². The van der Waals surface area contributed by atoms with Crippen molar-refractivity contribution in [2.45, 2.75) is 19.4 Å². The number of rotatable bonds is 1. The largest absolute Gasteiger partial charge is 0.349 e. The lowest BCUT2D eigenvalue weighted by atomic mass is 10.0. The van der Waals surface area contributed by atoms with Gasteiger partial charge in [-0.15, -0.1) is 11.3 Å². The van der Waals surface area contributed by atoms with Crippen LogP contribution < -0.4 is 4.90 Å². The van der Waals surface area contributed by atoms with Crippen LogP contribution in [0.5, 0.6) is 0 Å². The first kappa shape index (κ1) is 12.1. The molecule has 7 heteroatoms. The molecule has 0 amide bonds. The van der Waals surface area contributed by atoms with E-state index in [4.69, 9.17) is 11.6 Å². The summed E-state index contributed by atoms with van der Waals surface area (Å²) in [4.78, 5) is 12.3. The Morgan fingerprint density at radius 2 is 2.35 bits per heavy atom. The van der Waals surface area contributed by atoms with Gasteiger partial charge in [0.25, 0.3) is 0 Å². The smallest absolute Gasteiger partial charge is 0.226 e. The number of nitrogens with one attached hydrogen (secondary N) is 1. The molecule has 0 radical (unpaired) electrons. The number of hydrogen-bond acceptors (Lipinski definition) is 5. The molecule has 5 nitrogen and oxygen atoms in total. The van der Waals surface area contributed by atoms with Crippen LogP contribution in [0.2, 0.25) is 5.28 Å². The van der Waals surface area contributed by atoms with Gasteiger partial charge in [-0.2, -0.15) is 15.1 Å². The molecule has 1 N–H and O–H groups in total. The fourth-order valence-electron chi connectivity index (χ4n) is 2.81. The zero-order valence-electron chi connectivity index (χ0n) is 10.8. The van der Waals surface area contributed by atoms with E-state index in [0.717, 1.165) is 24.2 Å². The molecular formula is C13H12ClN5S. The first-order valence-corrected chi connectivity index (χ1v) is 7.69. The third kappa shape index (κ3) is 1.72. The lowest BCUT2D eigenvalue weighted by Crippen LogP contribution is -2.33. The molecule has 1 aliphatic heterocycles. The Bertz CT molecular complexity index is 780. The standard InChI is InChI=1S/C13H12ClN5S/c1-7-8-3-5-20-10(8)2-4-19(7)12-9-6-15-18-11(9)16-13(14)17-12/h3,5-7H,2,4H2,1H3,(H,15,16,17,18). The Morgan fingerprint density at radius 3 is 3.25 bits per heavy atom. The summed E-state index contributed by atoms with van der Waals surface area (Å²) in [7, 11) is 0. The molecular weight excluding hydrogens is 294 g/mol. The van der Waals surface area contributed by atoms with Crippen LogP contribution in [0.15, 0.2) is 17.6 Å². The van der Waals surface area contributed by atoms with Crippen LogP contribution in [-0.2, 0) is 6.42 Å². The fourth-order valence-corrected chi connectivity index (χ4v) is 3.94. The van der Waals surface area contributed by atoms with Crippen molar-refractivity contribution in [3.63, 3.8) is 0 Å². The minimum Gasteiger partial charge on any atom is -0.349 e. The van der Waals surface area contributed by atoms with Gasteiger partial charge < -0.3 is 4.90 Å². The maximum absolute atomic E-state index is 6.03. The summed E-state index contributed by atoms with van der Waals surface area (Å²) < 4.78 is 0. The summed E-state index contributed by atoms with van der Waals surface area (Å²) in [5.74, 6) is 0.859. The van der Waals surface area contributed by atoms with Crippen LogP contribution in [0, 0.1) is 0 Å². The first-order valence-electron chi connectivity index (χ1n) is 6.43. The van der Waals surface area contributed by atoms with E-state index in [9.17, 15) is 0 Å². The molecule has 0 bridgehead atoms. The van der Waals surface area contributed by atoms with Crippen LogP contribution >= 0.6 is 22.9 Å². The Morgan fingerprint density at radius 1 is 1.45 bits per heavy atom. The van der Waals surface area contributed by atoms with Gasteiger partial charge in [0.2, 0.25) is 5.28 Å². The quantitative estimate of drug-likeness (QED) is 0.702. The normalized spacial score (nSPS) is 18.5. The highest BCUT2D eigenvalue weighted by molar-refractivity contribution is 7.10. The summed E-state index contributed by atoms with van der Waals surface area (Å²) in [5.41, 5.74) is 2.07. The van der Waals surface area contributed by atoms with Gasteiger partial charge in [0, 0.05) is 11.4 Å². The van der Waals surface area contributed by atoms with Crippen LogP contribution in [0.3, 0.4) is 0 Å². The monoisotopic (exact) mass is 305 g/mol. The Kier molecular flexibility index (Phi) is 2.68. The minimum absolute atomic E-state index is 0.250. The Labute approximate surface area is 124 Å². The highest BCUT2D eigenvalue weighted by Crippen LogP contribution is 2.37. The number of nitrogens with zero attached hydrogens (tertiary/aromatic N) is 4. The molecule has 4 heterocycles. The van der Waals surface area contributed by atoms with Crippen LogP contribution in [-0.4, -0.2) is 26.7 Å². The zero-order chi connectivity index (χ0) is 13.7. The van der Waals surface area contributed by atoms with Gasteiger partial charge >= 0.3 is 0 Å². The molecule has 20 heavy (non-hydrogen) atoms. The average Bonchev–Trinajstić information content (AvgIpc) is 3.06. The molecule has 0 saturated heterocycles. The number of H-pyrrole nitrogens is 1. The minimum atomic E-state index is 0.250.